The molecular weight excluding hydrogens is 314 g/mol. The van der Waals surface area contributed by atoms with E-state index >= 15 is 0 Å². The molecule has 0 spiro atoms. The van der Waals surface area contributed by atoms with Crippen molar-refractivity contribution >= 4 is 17.4 Å². The van der Waals surface area contributed by atoms with Crippen LogP contribution < -0.4 is 0 Å². The minimum atomic E-state index is -0.212. The normalized spacial score (nSPS) is 10.7. The molecule has 5 nitrogen and oxygen atoms in total. The van der Waals surface area contributed by atoms with Gasteiger partial charge in [-0.15, -0.1) is 5.10 Å². The fraction of sp³-hybridized carbons (Fsp3) is 0.118. The number of carbonyl (C=O) groups excluding carboxylic acids is 1. The van der Waals surface area contributed by atoms with Crippen molar-refractivity contribution in [2.45, 2.75) is 13.8 Å². The van der Waals surface area contributed by atoms with Crippen molar-refractivity contribution in [2.75, 3.05) is 0 Å². The van der Waals surface area contributed by atoms with Crippen LogP contribution in [0.1, 0.15) is 27.2 Å². The number of aryl methyl sites for hydroxylation is 2. The molecular formula is C17H14ClN3O2. The first kappa shape index (κ1) is 15.2. The predicted octanol–water partition coefficient (Wildman–Crippen LogP) is 3.47. The van der Waals surface area contributed by atoms with Gasteiger partial charge >= 0.3 is 0 Å². The molecule has 0 bridgehead atoms. The Labute approximate surface area is 138 Å². The Morgan fingerprint density at radius 1 is 1.13 bits per heavy atom. The molecule has 2 aromatic carbocycles. The van der Waals surface area contributed by atoms with E-state index in [-0.39, 0.29) is 17.2 Å². The van der Waals surface area contributed by atoms with Gasteiger partial charge in [-0.1, -0.05) is 34.0 Å². The van der Waals surface area contributed by atoms with Gasteiger partial charge in [-0.25, -0.2) is 4.68 Å². The van der Waals surface area contributed by atoms with Gasteiger partial charge in [-0.2, -0.15) is 0 Å². The molecule has 23 heavy (non-hydrogen) atoms. The Kier molecular flexibility index (Phi) is 3.88. The van der Waals surface area contributed by atoms with Crippen molar-refractivity contribution in [1.29, 1.82) is 0 Å². The summed E-state index contributed by atoms with van der Waals surface area (Å²) in [5.74, 6) is -0.246. The van der Waals surface area contributed by atoms with E-state index in [1.807, 2.05) is 32.0 Å². The summed E-state index contributed by atoms with van der Waals surface area (Å²) in [5, 5.41) is 18.2. The topological polar surface area (TPSA) is 68.0 Å². The van der Waals surface area contributed by atoms with Crippen LogP contribution in [-0.2, 0) is 0 Å². The van der Waals surface area contributed by atoms with Crippen molar-refractivity contribution < 1.29 is 9.90 Å². The van der Waals surface area contributed by atoms with E-state index < -0.39 is 0 Å². The molecule has 0 saturated heterocycles. The number of hydrogen-bond acceptors (Lipinski definition) is 4. The molecule has 6 heteroatoms. The van der Waals surface area contributed by atoms with E-state index in [1.54, 1.807) is 12.1 Å². The van der Waals surface area contributed by atoms with Crippen LogP contribution in [0.25, 0.3) is 5.69 Å². The number of rotatable bonds is 3. The van der Waals surface area contributed by atoms with Crippen LogP contribution in [-0.4, -0.2) is 25.9 Å². The zero-order valence-electron chi connectivity index (χ0n) is 12.6. The van der Waals surface area contributed by atoms with Gasteiger partial charge in [0.15, 0.2) is 5.69 Å². The van der Waals surface area contributed by atoms with Crippen LogP contribution in [0.3, 0.4) is 0 Å². The maximum absolute atomic E-state index is 12.5. The highest BCUT2D eigenvalue weighted by Gasteiger charge is 2.16. The van der Waals surface area contributed by atoms with Crippen LogP contribution >= 0.6 is 11.6 Å². The van der Waals surface area contributed by atoms with E-state index in [9.17, 15) is 9.90 Å². The quantitative estimate of drug-likeness (QED) is 0.748. The highest BCUT2D eigenvalue weighted by molar-refractivity contribution is 6.30. The van der Waals surface area contributed by atoms with E-state index in [0.717, 1.165) is 11.1 Å². The van der Waals surface area contributed by atoms with E-state index in [4.69, 9.17) is 11.6 Å². The maximum Gasteiger partial charge on any atom is 0.214 e. The lowest BCUT2D eigenvalue weighted by Crippen LogP contribution is -2.02. The Morgan fingerprint density at radius 3 is 2.48 bits per heavy atom. The van der Waals surface area contributed by atoms with Crippen molar-refractivity contribution in [3.8, 4) is 11.4 Å². The smallest absolute Gasteiger partial charge is 0.214 e. The van der Waals surface area contributed by atoms with Crippen LogP contribution in [0.5, 0.6) is 5.75 Å². The van der Waals surface area contributed by atoms with E-state index in [2.05, 4.69) is 10.3 Å². The first-order valence-corrected chi connectivity index (χ1v) is 7.36. The first-order valence-electron chi connectivity index (χ1n) is 6.98. The SMILES string of the molecule is Cc1cc(C)cc(C(=O)c2cn(-c3ccc(Cl)cc3O)nn2)c1. The summed E-state index contributed by atoms with van der Waals surface area (Å²) in [6, 6.07) is 10.3. The number of carbonyl (C=O) groups is 1. The molecule has 0 fully saturated rings. The molecule has 0 unspecified atom stereocenters. The van der Waals surface area contributed by atoms with Gasteiger partial charge in [0, 0.05) is 16.7 Å². The molecule has 1 heterocycles. The number of ketones is 1. The summed E-state index contributed by atoms with van der Waals surface area (Å²) in [7, 11) is 0. The average molecular weight is 328 g/mol. The Hall–Kier alpha value is -2.66. The fourth-order valence-electron chi connectivity index (χ4n) is 2.43. The number of phenols is 1. The van der Waals surface area contributed by atoms with Crippen LogP contribution in [0.2, 0.25) is 5.02 Å². The van der Waals surface area contributed by atoms with Gasteiger partial charge in [0.1, 0.15) is 11.4 Å². The minimum Gasteiger partial charge on any atom is -0.506 e. The van der Waals surface area contributed by atoms with Crippen LogP contribution in [0.4, 0.5) is 0 Å². The molecule has 0 atom stereocenters. The average Bonchev–Trinajstić information content (AvgIpc) is 2.95. The van der Waals surface area contributed by atoms with Gasteiger partial charge < -0.3 is 5.11 Å². The number of aromatic nitrogens is 3. The summed E-state index contributed by atoms with van der Waals surface area (Å²) in [5.41, 5.74) is 3.20. The largest absolute Gasteiger partial charge is 0.506 e. The Bertz CT molecular complexity index is 882. The molecule has 0 saturated carbocycles. The molecule has 0 aliphatic carbocycles. The van der Waals surface area contributed by atoms with Gasteiger partial charge in [0.2, 0.25) is 5.78 Å². The summed E-state index contributed by atoms with van der Waals surface area (Å²) < 4.78 is 1.35. The van der Waals surface area contributed by atoms with Gasteiger partial charge in [-0.3, -0.25) is 4.79 Å². The van der Waals surface area contributed by atoms with Crippen molar-refractivity contribution in [1.82, 2.24) is 15.0 Å². The number of aromatic hydroxyl groups is 1. The third-order valence-corrected chi connectivity index (χ3v) is 3.63. The van der Waals surface area contributed by atoms with E-state index in [0.29, 0.717) is 16.3 Å². The summed E-state index contributed by atoms with van der Waals surface area (Å²) in [4.78, 5) is 12.5. The predicted molar refractivity (Wildman–Crippen MR) is 87.4 cm³/mol. The summed E-state index contributed by atoms with van der Waals surface area (Å²) >= 11 is 5.81. The lowest BCUT2D eigenvalue weighted by Gasteiger charge is -2.03. The monoisotopic (exact) mass is 327 g/mol. The van der Waals surface area contributed by atoms with Crippen molar-refractivity contribution in [3.05, 3.63) is 70.0 Å². The molecule has 1 aromatic heterocycles. The molecule has 0 aliphatic heterocycles. The van der Waals surface area contributed by atoms with Crippen molar-refractivity contribution in [3.63, 3.8) is 0 Å². The molecule has 0 amide bonds. The summed E-state index contributed by atoms with van der Waals surface area (Å²) in [6.07, 6.45) is 1.49. The lowest BCUT2D eigenvalue weighted by molar-refractivity contribution is 0.103. The number of halogens is 1. The number of nitrogens with zero attached hydrogens (tertiary/aromatic N) is 3. The third-order valence-electron chi connectivity index (χ3n) is 3.39. The molecule has 0 radical (unpaired) electrons. The molecule has 116 valence electrons. The number of benzene rings is 2. The summed E-state index contributed by atoms with van der Waals surface area (Å²) in [6.45, 7) is 3.87. The van der Waals surface area contributed by atoms with Crippen molar-refractivity contribution in [2.24, 2.45) is 0 Å². The highest BCUT2D eigenvalue weighted by atomic mass is 35.5. The number of phenolic OH excluding ortho intramolecular Hbond substituents is 1. The van der Waals surface area contributed by atoms with Gasteiger partial charge in [-0.05, 0) is 38.1 Å². The fourth-order valence-corrected chi connectivity index (χ4v) is 2.60. The highest BCUT2D eigenvalue weighted by Crippen LogP contribution is 2.25. The van der Waals surface area contributed by atoms with Gasteiger partial charge in [0.25, 0.3) is 0 Å². The zero-order chi connectivity index (χ0) is 16.6. The molecule has 3 aromatic rings. The van der Waals surface area contributed by atoms with Crippen LogP contribution in [0, 0.1) is 13.8 Å². The standard InChI is InChI=1S/C17H14ClN3O2/c1-10-5-11(2)7-12(6-10)17(23)14-9-21(20-19-14)15-4-3-13(18)8-16(15)22/h3-9,22H,1-2H3. The number of hydrogen-bond donors (Lipinski definition) is 1. The van der Waals surface area contributed by atoms with Gasteiger partial charge in [0.05, 0.1) is 6.20 Å². The second kappa shape index (κ2) is 5.85. The minimum absolute atomic E-state index is 0.0344. The second-order valence-corrected chi connectivity index (χ2v) is 5.82. The Balaban J connectivity index is 1.96. The molecule has 3 rings (SSSR count). The zero-order valence-corrected chi connectivity index (χ0v) is 13.4. The molecule has 0 aliphatic rings. The Morgan fingerprint density at radius 2 is 1.83 bits per heavy atom. The lowest BCUT2D eigenvalue weighted by atomic mass is 10.0. The maximum atomic E-state index is 12.5. The first-order chi connectivity index (χ1) is 10.9. The van der Waals surface area contributed by atoms with E-state index in [1.165, 1.54) is 16.9 Å². The third kappa shape index (κ3) is 3.10. The van der Waals surface area contributed by atoms with Crippen LogP contribution in [0.15, 0.2) is 42.6 Å². The molecule has 1 N–H and O–H groups in total. The second-order valence-electron chi connectivity index (χ2n) is 5.39.